The lowest BCUT2D eigenvalue weighted by atomic mass is 10.3. The molecular formula is C12H26ClN3O3S. The van der Waals surface area contributed by atoms with E-state index in [0.717, 1.165) is 12.8 Å². The molecule has 0 bridgehead atoms. The summed E-state index contributed by atoms with van der Waals surface area (Å²) in [5.41, 5.74) is 0. The largest absolute Gasteiger partial charge is 0.355 e. The molecule has 1 aliphatic rings. The summed E-state index contributed by atoms with van der Waals surface area (Å²) < 4.78 is 25.4. The second-order valence-electron chi connectivity index (χ2n) is 5.02. The van der Waals surface area contributed by atoms with E-state index in [1.165, 1.54) is 4.31 Å². The van der Waals surface area contributed by atoms with Crippen molar-refractivity contribution in [2.75, 3.05) is 32.4 Å². The fourth-order valence-electron chi connectivity index (χ4n) is 1.97. The molecule has 1 unspecified atom stereocenters. The van der Waals surface area contributed by atoms with Crippen molar-refractivity contribution < 1.29 is 13.2 Å². The molecule has 0 aromatic heterocycles. The van der Waals surface area contributed by atoms with Crippen LogP contribution < -0.4 is 10.6 Å². The van der Waals surface area contributed by atoms with E-state index < -0.39 is 10.0 Å². The van der Waals surface area contributed by atoms with Gasteiger partial charge < -0.3 is 10.6 Å². The highest BCUT2D eigenvalue weighted by Crippen LogP contribution is 2.14. The Labute approximate surface area is 128 Å². The van der Waals surface area contributed by atoms with Crippen LogP contribution in [0.25, 0.3) is 0 Å². The fourth-order valence-corrected chi connectivity index (χ4v) is 3.55. The maximum Gasteiger partial charge on any atom is 0.220 e. The van der Waals surface area contributed by atoms with E-state index in [1.54, 1.807) is 0 Å². The zero-order valence-corrected chi connectivity index (χ0v) is 13.9. The molecular weight excluding hydrogens is 302 g/mol. The number of hydrogen-bond donors (Lipinski definition) is 2. The Kier molecular flexibility index (Phi) is 9.37. The predicted molar refractivity (Wildman–Crippen MR) is 82.6 cm³/mol. The molecule has 8 heteroatoms. The van der Waals surface area contributed by atoms with Crippen molar-refractivity contribution in [3.8, 4) is 0 Å². The van der Waals surface area contributed by atoms with Crippen LogP contribution in [0.1, 0.15) is 32.6 Å². The van der Waals surface area contributed by atoms with Gasteiger partial charge in [0, 0.05) is 32.1 Å². The Balaban J connectivity index is 0.00000361. The van der Waals surface area contributed by atoms with Gasteiger partial charge in [0.1, 0.15) is 0 Å². The highest BCUT2D eigenvalue weighted by molar-refractivity contribution is 7.89. The summed E-state index contributed by atoms with van der Waals surface area (Å²) in [6.45, 7) is 3.80. The molecule has 1 amide bonds. The van der Waals surface area contributed by atoms with Crippen LogP contribution in [-0.4, -0.2) is 57.1 Å². The van der Waals surface area contributed by atoms with Gasteiger partial charge in [0.15, 0.2) is 0 Å². The van der Waals surface area contributed by atoms with Crippen molar-refractivity contribution in [2.45, 2.75) is 38.6 Å². The lowest BCUT2D eigenvalue weighted by molar-refractivity contribution is -0.121. The van der Waals surface area contributed by atoms with Gasteiger partial charge in [0.2, 0.25) is 15.9 Å². The van der Waals surface area contributed by atoms with E-state index >= 15 is 0 Å². The van der Waals surface area contributed by atoms with Gasteiger partial charge in [-0.25, -0.2) is 12.7 Å². The molecule has 1 heterocycles. The van der Waals surface area contributed by atoms with Gasteiger partial charge in [0.05, 0.1) is 5.75 Å². The molecule has 6 nitrogen and oxygen atoms in total. The van der Waals surface area contributed by atoms with Gasteiger partial charge in [-0.15, -0.1) is 12.4 Å². The van der Waals surface area contributed by atoms with Crippen molar-refractivity contribution in [2.24, 2.45) is 0 Å². The van der Waals surface area contributed by atoms with Crippen LogP contribution in [-0.2, 0) is 14.8 Å². The van der Waals surface area contributed by atoms with Crippen molar-refractivity contribution in [1.29, 1.82) is 0 Å². The van der Waals surface area contributed by atoms with Crippen LogP contribution >= 0.6 is 12.4 Å². The minimum absolute atomic E-state index is 0. The number of hydrogen-bond acceptors (Lipinski definition) is 4. The van der Waals surface area contributed by atoms with Crippen LogP contribution in [0.3, 0.4) is 0 Å². The van der Waals surface area contributed by atoms with Crippen molar-refractivity contribution in [3.63, 3.8) is 0 Å². The van der Waals surface area contributed by atoms with Gasteiger partial charge in [-0.3, -0.25) is 4.79 Å². The number of rotatable bonds is 8. The van der Waals surface area contributed by atoms with Crippen LogP contribution in [0.5, 0.6) is 0 Å². The number of nitrogens with one attached hydrogen (secondary N) is 2. The van der Waals surface area contributed by atoms with Crippen LogP contribution in [0.4, 0.5) is 0 Å². The van der Waals surface area contributed by atoms with E-state index in [9.17, 15) is 13.2 Å². The SMILES string of the molecule is CNC(C)CNC(=O)CCCS(=O)(=O)N1CCCC1.Cl. The first kappa shape index (κ1) is 19.6. The summed E-state index contributed by atoms with van der Waals surface area (Å²) in [4.78, 5) is 11.5. The van der Waals surface area contributed by atoms with E-state index in [-0.39, 0.29) is 36.5 Å². The normalized spacial score (nSPS) is 17.5. The van der Waals surface area contributed by atoms with Crippen molar-refractivity contribution >= 4 is 28.3 Å². The van der Waals surface area contributed by atoms with Crippen LogP contribution in [0.2, 0.25) is 0 Å². The number of amides is 1. The van der Waals surface area contributed by atoms with Gasteiger partial charge in [0.25, 0.3) is 0 Å². The first-order valence-electron chi connectivity index (χ1n) is 6.87. The van der Waals surface area contributed by atoms with E-state index in [0.29, 0.717) is 26.1 Å². The summed E-state index contributed by atoms with van der Waals surface area (Å²) in [7, 11) is -1.32. The monoisotopic (exact) mass is 327 g/mol. The number of carbonyl (C=O) groups is 1. The molecule has 0 saturated carbocycles. The standard InChI is InChI=1S/C12H25N3O3S.ClH/c1-11(13-2)10-14-12(16)6-5-9-19(17,18)15-7-3-4-8-15;/h11,13H,3-10H2,1-2H3,(H,14,16);1H. The second kappa shape index (κ2) is 9.55. The van der Waals surface area contributed by atoms with Crippen molar-refractivity contribution in [3.05, 3.63) is 0 Å². The Hall–Kier alpha value is -0.370. The molecule has 120 valence electrons. The van der Waals surface area contributed by atoms with Crippen LogP contribution in [0.15, 0.2) is 0 Å². The third kappa shape index (κ3) is 6.88. The van der Waals surface area contributed by atoms with Gasteiger partial charge >= 0.3 is 0 Å². The fraction of sp³-hybridized carbons (Fsp3) is 0.917. The van der Waals surface area contributed by atoms with E-state index in [2.05, 4.69) is 10.6 Å². The van der Waals surface area contributed by atoms with E-state index in [1.807, 2.05) is 14.0 Å². The Morgan fingerprint density at radius 1 is 1.30 bits per heavy atom. The Morgan fingerprint density at radius 3 is 2.45 bits per heavy atom. The number of nitrogens with zero attached hydrogens (tertiary/aromatic N) is 1. The summed E-state index contributed by atoms with van der Waals surface area (Å²) in [5.74, 6) is -0.0131. The molecule has 0 radical (unpaired) electrons. The molecule has 0 spiro atoms. The van der Waals surface area contributed by atoms with Gasteiger partial charge in [-0.2, -0.15) is 0 Å². The zero-order chi connectivity index (χ0) is 14.3. The minimum Gasteiger partial charge on any atom is -0.355 e. The average Bonchev–Trinajstić information content (AvgIpc) is 2.90. The molecule has 0 aromatic rings. The molecule has 1 aliphatic heterocycles. The average molecular weight is 328 g/mol. The third-order valence-corrected chi connectivity index (χ3v) is 5.32. The summed E-state index contributed by atoms with van der Waals surface area (Å²) in [6, 6.07) is 0.220. The molecule has 1 rings (SSSR count). The summed E-state index contributed by atoms with van der Waals surface area (Å²) in [5, 5.41) is 5.80. The maximum absolute atomic E-state index is 11.9. The molecule has 20 heavy (non-hydrogen) atoms. The Morgan fingerprint density at radius 2 is 1.90 bits per heavy atom. The number of sulfonamides is 1. The molecule has 1 fully saturated rings. The highest BCUT2D eigenvalue weighted by Gasteiger charge is 2.24. The number of carbonyl (C=O) groups excluding carboxylic acids is 1. The topological polar surface area (TPSA) is 78.5 Å². The second-order valence-corrected chi connectivity index (χ2v) is 7.11. The highest BCUT2D eigenvalue weighted by atomic mass is 35.5. The first-order valence-corrected chi connectivity index (χ1v) is 8.48. The maximum atomic E-state index is 11.9. The lowest BCUT2D eigenvalue weighted by Crippen LogP contribution is -2.37. The van der Waals surface area contributed by atoms with Crippen LogP contribution in [0, 0.1) is 0 Å². The number of halogens is 1. The smallest absolute Gasteiger partial charge is 0.220 e. The minimum atomic E-state index is -3.15. The lowest BCUT2D eigenvalue weighted by Gasteiger charge is -2.15. The molecule has 1 saturated heterocycles. The van der Waals surface area contributed by atoms with Crippen molar-refractivity contribution in [1.82, 2.24) is 14.9 Å². The molecule has 0 aliphatic carbocycles. The Bertz CT molecular complexity index is 383. The van der Waals surface area contributed by atoms with Gasteiger partial charge in [-0.1, -0.05) is 0 Å². The predicted octanol–water partition coefficient (Wildman–Crippen LogP) is 0.338. The van der Waals surface area contributed by atoms with Gasteiger partial charge in [-0.05, 0) is 33.2 Å². The zero-order valence-electron chi connectivity index (χ0n) is 12.2. The number of likely N-dealkylation sites (N-methyl/N-ethyl adjacent to an activating group) is 1. The molecule has 1 atom stereocenters. The van der Waals surface area contributed by atoms with E-state index in [4.69, 9.17) is 0 Å². The first-order chi connectivity index (χ1) is 8.95. The summed E-state index contributed by atoms with van der Waals surface area (Å²) >= 11 is 0. The molecule has 0 aromatic carbocycles. The summed E-state index contributed by atoms with van der Waals surface area (Å²) in [6.07, 6.45) is 2.55. The quantitative estimate of drug-likeness (QED) is 0.674. The molecule has 2 N–H and O–H groups in total. The third-order valence-electron chi connectivity index (χ3n) is 3.36.